The number of phenolic OH excluding ortho intramolecular Hbond substituents is 2. The summed E-state index contributed by atoms with van der Waals surface area (Å²) >= 11 is 11.5. The second-order valence-electron chi connectivity index (χ2n) is 3.48. The number of carbonyl (C=O) groups excluding carboxylic acids is 1. The predicted molar refractivity (Wildman–Crippen MR) is 69.8 cm³/mol. The molecule has 0 aliphatic rings. The van der Waals surface area contributed by atoms with E-state index >= 15 is 0 Å². The van der Waals surface area contributed by atoms with Crippen LogP contribution in [0.2, 0.25) is 10.2 Å². The molecule has 0 atom stereocenters. The number of halogens is 2. The van der Waals surface area contributed by atoms with Crippen molar-refractivity contribution < 1.29 is 15.0 Å². The third-order valence-electron chi connectivity index (χ3n) is 2.20. The molecule has 2 aromatic rings. The highest BCUT2D eigenvalue weighted by Crippen LogP contribution is 2.27. The van der Waals surface area contributed by atoms with Crippen molar-refractivity contribution in [2.45, 2.75) is 0 Å². The molecule has 1 heterocycles. The van der Waals surface area contributed by atoms with E-state index in [2.05, 4.69) is 15.3 Å². The van der Waals surface area contributed by atoms with Gasteiger partial charge >= 0.3 is 0 Å². The highest BCUT2D eigenvalue weighted by Gasteiger charge is 2.15. The smallest absolute Gasteiger partial charge is 0.260 e. The van der Waals surface area contributed by atoms with Crippen LogP contribution >= 0.6 is 23.2 Å². The molecule has 8 heteroatoms. The molecule has 0 spiro atoms. The maximum absolute atomic E-state index is 11.9. The van der Waals surface area contributed by atoms with Gasteiger partial charge in [0.25, 0.3) is 5.91 Å². The first-order valence-electron chi connectivity index (χ1n) is 4.98. The number of rotatable bonds is 2. The van der Waals surface area contributed by atoms with Crippen molar-refractivity contribution in [3.05, 3.63) is 40.3 Å². The molecule has 0 fully saturated rings. The van der Waals surface area contributed by atoms with Crippen molar-refractivity contribution in [2.75, 3.05) is 5.32 Å². The first-order valence-corrected chi connectivity index (χ1v) is 5.74. The quantitative estimate of drug-likeness (QED) is 0.740. The number of amides is 1. The largest absolute Gasteiger partial charge is 0.508 e. The Morgan fingerprint density at radius 2 is 1.95 bits per heavy atom. The molecule has 0 bridgehead atoms. The van der Waals surface area contributed by atoms with Crippen LogP contribution in [0.25, 0.3) is 0 Å². The molecular weight excluding hydrogens is 293 g/mol. The summed E-state index contributed by atoms with van der Waals surface area (Å²) in [4.78, 5) is 19.3. The number of nitrogens with one attached hydrogen (secondary N) is 1. The molecule has 6 nitrogen and oxygen atoms in total. The van der Waals surface area contributed by atoms with Crippen LogP contribution in [0.1, 0.15) is 10.4 Å². The van der Waals surface area contributed by atoms with E-state index in [-0.39, 0.29) is 33.1 Å². The van der Waals surface area contributed by atoms with Gasteiger partial charge in [-0.25, -0.2) is 9.97 Å². The summed E-state index contributed by atoms with van der Waals surface area (Å²) in [6.45, 7) is 0. The van der Waals surface area contributed by atoms with Gasteiger partial charge in [-0.2, -0.15) is 0 Å². The lowest BCUT2D eigenvalue weighted by Crippen LogP contribution is -2.13. The van der Waals surface area contributed by atoms with E-state index in [0.717, 1.165) is 12.4 Å². The van der Waals surface area contributed by atoms with Crippen molar-refractivity contribution in [1.82, 2.24) is 9.97 Å². The fraction of sp³-hybridized carbons (Fsp3) is 0. The first kappa shape index (κ1) is 13.4. The average molecular weight is 300 g/mol. The van der Waals surface area contributed by atoms with Crippen LogP contribution in [-0.4, -0.2) is 26.1 Å². The van der Waals surface area contributed by atoms with Gasteiger partial charge in [0.2, 0.25) is 0 Å². The van der Waals surface area contributed by atoms with Gasteiger partial charge in [-0.15, -0.1) is 0 Å². The third kappa shape index (κ3) is 2.86. The second-order valence-corrected chi connectivity index (χ2v) is 4.22. The summed E-state index contributed by atoms with van der Waals surface area (Å²) < 4.78 is 0. The molecule has 98 valence electrons. The van der Waals surface area contributed by atoms with Gasteiger partial charge in [0.05, 0.1) is 5.56 Å². The Bertz CT molecular complexity index is 649. The maximum Gasteiger partial charge on any atom is 0.260 e. The van der Waals surface area contributed by atoms with Gasteiger partial charge in [-0.1, -0.05) is 23.2 Å². The van der Waals surface area contributed by atoms with Crippen molar-refractivity contribution in [1.29, 1.82) is 0 Å². The molecule has 19 heavy (non-hydrogen) atoms. The van der Waals surface area contributed by atoms with E-state index in [0.29, 0.717) is 0 Å². The molecule has 0 saturated carbocycles. The minimum atomic E-state index is -0.644. The summed E-state index contributed by atoms with van der Waals surface area (Å²) in [5, 5.41) is 21.1. The Morgan fingerprint density at radius 1 is 1.21 bits per heavy atom. The average Bonchev–Trinajstić information content (AvgIpc) is 2.34. The monoisotopic (exact) mass is 299 g/mol. The highest BCUT2D eigenvalue weighted by molar-refractivity contribution is 6.43. The lowest BCUT2D eigenvalue weighted by atomic mass is 10.2. The van der Waals surface area contributed by atoms with Gasteiger partial charge in [0.15, 0.2) is 11.0 Å². The minimum absolute atomic E-state index is 0.00175. The summed E-state index contributed by atoms with van der Waals surface area (Å²) in [7, 11) is 0. The zero-order valence-corrected chi connectivity index (χ0v) is 10.8. The third-order valence-corrected chi connectivity index (χ3v) is 2.95. The van der Waals surface area contributed by atoms with Crippen molar-refractivity contribution in [2.24, 2.45) is 0 Å². The lowest BCUT2D eigenvalue weighted by molar-refractivity contribution is 0.102. The highest BCUT2D eigenvalue weighted by atomic mass is 35.5. The molecule has 0 aliphatic heterocycles. The van der Waals surface area contributed by atoms with E-state index < -0.39 is 5.91 Å². The molecule has 2 rings (SSSR count). The zero-order chi connectivity index (χ0) is 14.0. The number of hydrogen-bond acceptors (Lipinski definition) is 5. The van der Waals surface area contributed by atoms with Gasteiger partial charge in [-0.3, -0.25) is 4.79 Å². The van der Waals surface area contributed by atoms with Crippen LogP contribution in [0.5, 0.6) is 11.5 Å². The predicted octanol–water partition coefficient (Wildman–Crippen LogP) is 2.45. The molecule has 0 radical (unpaired) electrons. The molecule has 3 N–H and O–H groups in total. The van der Waals surface area contributed by atoms with Crippen molar-refractivity contribution in [3.8, 4) is 11.5 Å². The summed E-state index contributed by atoms with van der Waals surface area (Å²) in [6.07, 6.45) is 1.14. The molecule has 0 saturated heterocycles. The zero-order valence-electron chi connectivity index (χ0n) is 9.26. The lowest BCUT2D eigenvalue weighted by Gasteiger charge is -2.07. The normalized spacial score (nSPS) is 10.2. The maximum atomic E-state index is 11.9. The molecule has 1 aromatic carbocycles. The second kappa shape index (κ2) is 5.29. The Balaban J connectivity index is 2.28. The van der Waals surface area contributed by atoms with Crippen LogP contribution in [0.3, 0.4) is 0 Å². The van der Waals surface area contributed by atoms with Gasteiger partial charge < -0.3 is 15.5 Å². The minimum Gasteiger partial charge on any atom is -0.508 e. The Morgan fingerprint density at radius 3 is 2.63 bits per heavy atom. The first-order chi connectivity index (χ1) is 8.99. The fourth-order valence-corrected chi connectivity index (χ4v) is 1.60. The SMILES string of the molecule is O=C(Nc1ncnc(Cl)c1Cl)c1ccc(O)cc1O. The van der Waals surface area contributed by atoms with Crippen molar-refractivity contribution >= 4 is 34.9 Å². The Labute approximate surface area is 117 Å². The number of phenols is 2. The van der Waals surface area contributed by atoms with E-state index in [4.69, 9.17) is 28.3 Å². The number of hydrogen-bond donors (Lipinski definition) is 3. The summed E-state index contributed by atoms with van der Waals surface area (Å²) in [5.41, 5.74) is -0.0383. The molecular formula is C11H7Cl2N3O3. The van der Waals surface area contributed by atoms with E-state index in [1.807, 2.05) is 0 Å². The molecule has 0 unspecified atom stereocenters. The van der Waals surface area contributed by atoms with Gasteiger partial charge in [-0.05, 0) is 12.1 Å². The van der Waals surface area contributed by atoms with E-state index in [1.165, 1.54) is 12.1 Å². The Kier molecular flexibility index (Phi) is 3.73. The number of aromatic hydroxyl groups is 2. The topological polar surface area (TPSA) is 95.3 Å². The number of carbonyl (C=O) groups is 1. The van der Waals surface area contributed by atoms with Crippen LogP contribution in [0, 0.1) is 0 Å². The standard InChI is InChI=1S/C11H7Cl2N3O3/c12-8-9(13)14-4-15-10(8)16-11(19)6-2-1-5(17)3-7(6)18/h1-4,17-18H,(H,14,15,16,19). The van der Waals surface area contributed by atoms with Crippen LogP contribution in [0.15, 0.2) is 24.5 Å². The van der Waals surface area contributed by atoms with E-state index in [1.54, 1.807) is 0 Å². The Hall–Kier alpha value is -2.05. The van der Waals surface area contributed by atoms with E-state index in [9.17, 15) is 9.90 Å². The van der Waals surface area contributed by atoms with Crippen LogP contribution in [-0.2, 0) is 0 Å². The van der Waals surface area contributed by atoms with Crippen LogP contribution in [0.4, 0.5) is 5.82 Å². The molecule has 1 aromatic heterocycles. The molecule has 1 amide bonds. The fourth-order valence-electron chi connectivity index (χ4n) is 1.32. The molecule has 0 aliphatic carbocycles. The number of nitrogens with zero attached hydrogens (tertiary/aromatic N) is 2. The number of aromatic nitrogens is 2. The number of benzene rings is 1. The van der Waals surface area contributed by atoms with Gasteiger partial charge in [0, 0.05) is 6.07 Å². The number of anilines is 1. The summed E-state index contributed by atoms with van der Waals surface area (Å²) in [5.74, 6) is -1.14. The summed E-state index contributed by atoms with van der Waals surface area (Å²) in [6, 6.07) is 3.57. The van der Waals surface area contributed by atoms with Gasteiger partial charge in [0.1, 0.15) is 22.8 Å². The van der Waals surface area contributed by atoms with Crippen LogP contribution < -0.4 is 5.32 Å². The van der Waals surface area contributed by atoms with Crippen molar-refractivity contribution in [3.63, 3.8) is 0 Å².